The number of thioether (sulfide) groups is 1. The van der Waals surface area contributed by atoms with E-state index in [1.165, 1.54) is 20.8 Å². The van der Waals surface area contributed by atoms with Crippen LogP contribution in [-0.4, -0.2) is 34.1 Å². The number of carbonyl (C=O) groups excluding carboxylic acids is 3. The van der Waals surface area contributed by atoms with Crippen LogP contribution in [0.5, 0.6) is 0 Å². The molecule has 0 aromatic carbocycles. The molecule has 0 aliphatic carbocycles. The van der Waals surface area contributed by atoms with Gasteiger partial charge in [-0.3, -0.25) is 19.3 Å². The van der Waals surface area contributed by atoms with Crippen LogP contribution in [0.2, 0.25) is 0 Å². The number of nitrogens with zero attached hydrogens (tertiary/aromatic N) is 1. The fourth-order valence-corrected chi connectivity index (χ4v) is 1.38. The zero-order chi connectivity index (χ0) is 10.4. The molecule has 0 atom stereocenters. The van der Waals surface area contributed by atoms with Gasteiger partial charge in [0.1, 0.15) is 0 Å². The van der Waals surface area contributed by atoms with E-state index in [2.05, 4.69) is 0 Å². The molecular weight excluding hydrogens is 190 g/mol. The summed E-state index contributed by atoms with van der Waals surface area (Å²) >= 11 is 1.11. The molecule has 0 unspecified atom stereocenters. The van der Waals surface area contributed by atoms with E-state index in [1.54, 1.807) is 0 Å². The van der Waals surface area contributed by atoms with E-state index in [1.807, 2.05) is 0 Å². The predicted octanol–water partition coefficient (Wildman–Crippen LogP) is 0.661. The highest BCUT2D eigenvalue weighted by Gasteiger charge is 2.12. The lowest BCUT2D eigenvalue weighted by molar-refractivity contribution is -0.141. The number of hydrogen-bond donors (Lipinski definition) is 0. The van der Waals surface area contributed by atoms with Gasteiger partial charge >= 0.3 is 0 Å². The Hall–Kier alpha value is -0.840. The van der Waals surface area contributed by atoms with Gasteiger partial charge in [0.25, 0.3) is 0 Å². The fraction of sp³-hybridized carbons (Fsp3) is 0.625. The van der Waals surface area contributed by atoms with Gasteiger partial charge in [-0.05, 0) is 0 Å². The zero-order valence-electron chi connectivity index (χ0n) is 7.99. The van der Waals surface area contributed by atoms with E-state index in [4.69, 9.17) is 0 Å². The van der Waals surface area contributed by atoms with Gasteiger partial charge in [0, 0.05) is 33.1 Å². The first-order valence-electron chi connectivity index (χ1n) is 3.87. The molecule has 0 radical (unpaired) electrons. The van der Waals surface area contributed by atoms with Gasteiger partial charge < -0.3 is 0 Å². The first-order chi connectivity index (χ1) is 5.95. The lowest BCUT2D eigenvalue weighted by Crippen LogP contribution is -2.35. The second-order valence-electron chi connectivity index (χ2n) is 2.53. The van der Waals surface area contributed by atoms with Crippen molar-refractivity contribution in [1.29, 1.82) is 0 Å². The Balaban J connectivity index is 3.91. The monoisotopic (exact) mass is 203 g/mol. The molecule has 4 nitrogen and oxygen atoms in total. The molecule has 0 aromatic heterocycles. The minimum Gasteiger partial charge on any atom is -0.288 e. The van der Waals surface area contributed by atoms with Crippen molar-refractivity contribution in [2.45, 2.75) is 20.8 Å². The number of carbonyl (C=O) groups is 3. The Morgan fingerprint density at radius 3 is 1.85 bits per heavy atom. The SMILES string of the molecule is CC(=O)SCCN(C(C)=O)C(C)=O. The Labute approximate surface area is 81.7 Å². The number of rotatable bonds is 3. The maximum Gasteiger partial charge on any atom is 0.226 e. The third-order valence-electron chi connectivity index (χ3n) is 1.38. The molecule has 0 bridgehead atoms. The fourth-order valence-electron chi connectivity index (χ4n) is 0.817. The second kappa shape index (κ2) is 5.75. The van der Waals surface area contributed by atoms with Crippen LogP contribution in [0, 0.1) is 0 Å². The summed E-state index contributed by atoms with van der Waals surface area (Å²) in [7, 11) is 0. The van der Waals surface area contributed by atoms with Crippen LogP contribution in [0.3, 0.4) is 0 Å². The molecule has 0 aliphatic rings. The van der Waals surface area contributed by atoms with Gasteiger partial charge in [-0.2, -0.15) is 0 Å². The van der Waals surface area contributed by atoms with E-state index < -0.39 is 0 Å². The van der Waals surface area contributed by atoms with Crippen molar-refractivity contribution in [2.75, 3.05) is 12.3 Å². The van der Waals surface area contributed by atoms with Crippen molar-refractivity contribution < 1.29 is 14.4 Å². The molecule has 0 aromatic rings. The molecular formula is C8H13NO3S. The maximum absolute atomic E-state index is 10.9. The minimum atomic E-state index is -0.281. The third-order valence-corrected chi connectivity index (χ3v) is 2.17. The van der Waals surface area contributed by atoms with Gasteiger partial charge in [0.05, 0.1) is 0 Å². The predicted molar refractivity (Wildman–Crippen MR) is 51.2 cm³/mol. The molecule has 0 saturated heterocycles. The molecule has 0 spiro atoms. The first-order valence-corrected chi connectivity index (χ1v) is 4.85. The van der Waals surface area contributed by atoms with Gasteiger partial charge in [-0.1, -0.05) is 11.8 Å². The van der Waals surface area contributed by atoms with E-state index in [-0.39, 0.29) is 16.9 Å². The summed E-state index contributed by atoms with van der Waals surface area (Å²) in [5, 5.41) is -0.00736. The standard InChI is InChI=1S/C8H13NO3S/c1-6(10)9(7(2)11)4-5-13-8(3)12/h4-5H2,1-3H3. The molecule has 13 heavy (non-hydrogen) atoms. The van der Waals surface area contributed by atoms with Crippen molar-refractivity contribution in [3.05, 3.63) is 0 Å². The van der Waals surface area contributed by atoms with Gasteiger partial charge in [-0.15, -0.1) is 0 Å². The van der Waals surface area contributed by atoms with Crippen LogP contribution in [0.25, 0.3) is 0 Å². The summed E-state index contributed by atoms with van der Waals surface area (Å²) in [5.41, 5.74) is 0. The van der Waals surface area contributed by atoms with Crippen LogP contribution < -0.4 is 0 Å². The van der Waals surface area contributed by atoms with Gasteiger partial charge in [-0.25, -0.2) is 0 Å². The minimum absolute atomic E-state index is 0.00736. The summed E-state index contributed by atoms with van der Waals surface area (Å²) in [4.78, 5) is 33.4. The van der Waals surface area contributed by atoms with Crippen molar-refractivity contribution in [2.24, 2.45) is 0 Å². The lowest BCUT2D eigenvalue weighted by Gasteiger charge is -2.15. The van der Waals surface area contributed by atoms with Crippen LogP contribution >= 0.6 is 11.8 Å². The Morgan fingerprint density at radius 1 is 1.08 bits per heavy atom. The number of imide groups is 1. The third kappa shape index (κ3) is 5.41. The summed E-state index contributed by atoms with van der Waals surface area (Å²) in [6.45, 7) is 4.42. The van der Waals surface area contributed by atoms with Gasteiger partial charge in [0.15, 0.2) is 5.12 Å². The second-order valence-corrected chi connectivity index (χ2v) is 3.80. The number of amides is 2. The van der Waals surface area contributed by atoms with Crippen LogP contribution in [-0.2, 0) is 14.4 Å². The van der Waals surface area contributed by atoms with Crippen LogP contribution in [0.1, 0.15) is 20.8 Å². The molecule has 0 heterocycles. The quantitative estimate of drug-likeness (QED) is 0.676. The maximum atomic E-state index is 10.9. The molecule has 2 amide bonds. The highest BCUT2D eigenvalue weighted by atomic mass is 32.2. The summed E-state index contributed by atoms with van der Waals surface area (Å²) in [6, 6.07) is 0. The first kappa shape index (κ1) is 12.2. The smallest absolute Gasteiger partial charge is 0.226 e. The van der Waals surface area contributed by atoms with E-state index in [0.717, 1.165) is 16.7 Å². The Kier molecular flexibility index (Phi) is 5.37. The largest absolute Gasteiger partial charge is 0.288 e. The van der Waals surface area contributed by atoms with Crippen LogP contribution in [0.15, 0.2) is 0 Å². The molecule has 0 fully saturated rings. The van der Waals surface area contributed by atoms with Crippen LogP contribution in [0.4, 0.5) is 0 Å². The topological polar surface area (TPSA) is 54.5 Å². The van der Waals surface area contributed by atoms with Crippen molar-refractivity contribution in [3.63, 3.8) is 0 Å². The van der Waals surface area contributed by atoms with Crippen molar-refractivity contribution in [1.82, 2.24) is 4.90 Å². The molecule has 74 valence electrons. The summed E-state index contributed by atoms with van der Waals surface area (Å²) in [5.74, 6) is -0.0950. The molecule has 0 rings (SSSR count). The average molecular weight is 203 g/mol. The molecule has 0 saturated carbocycles. The summed E-state index contributed by atoms with van der Waals surface area (Å²) < 4.78 is 0. The lowest BCUT2D eigenvalue weighted by atomic mass is 10.5. The van der Waals surface area contributed by atoms with E-state index in [0.29, 0.717) is 12.3 Å². The van der Waals surface area contributed by atoms with E-state index in [9.17, 15) is 14.4 Å². The molecule has 0 N–H and O–H groups in total. The number of hydrogen-bond acceptors (Lipinski definition) is 4. The normalized spacial score (nSPS) is 9.46. The Bertz CT molecular complexity index is 213. The molecule has 5 heteroatoms. The molecule has 0 aliphatic heterocycles. The zero-order valence-corrected chi connectivity index (χ0v) is 8.81. The van der Waals surface area contributed by atoms with Gasteiger partial charge in [0.2, 0.25) is 11.8 Å². The highest BCUT2D eigenvalue weighted by Crippen LogP contribution is 2.02. The van der Waals surface area contributed by atoms with Crippen molar-refractivity contribution >= 4 is 28.7 Å². The van der Waals surface area contributed by atoms with Crippen molar-refractivity contribution in [3.8, 4) is 0 Å². The average Bonchev–Trinajstić information content (AvgIpc) is 1.95. The Morgan fingerprint density at radius 2 is 1.54 bits per heavy atom. The van der Waals surface area contributed by atoms with E-state index >= 15 is 0 Å². The summed E-state index contributed by atoms with van der Waals surface area (Å²) in [6.07, 6.45) is 0. The highest BCUT2D eigenvalue weighted by molar-refractivity contribution is 8.13.